The quantitative estimate of drug-likeness (QED) is 0.242. The molecule has 0 saturated carbocycles. The fourth-order valence-corrected chi connectivity index (χ4v) is 4.22. The molecule has 7 nitrogen and oxygen atoms in total. The van der Waals surface area contributed by atoms with Crippen LogP contribution in [0.4, 0.5) is 5.69 Å². The number of likely N-dealkylation sites (tertiary alicyclic amines) is 1. The number of carbonyl (C=O) groups excluding carboxylic acids is 1. The molecular weight excluding hydrogens is 539 g/mol. The summed E-state index contributed by atoms with van der Waals surface area (Å²) in [5, 5.41) is 10.5. The number of aromatic nitrogens is 2. The van der Waals surface area contributed by atoms with Gasteiger partial charge < -0.3 is 15.5 Å². The summed E-state index contributed by atoms with van der Waals surface area (Å²) in [6.45, 7) is 5.73. The van der Waals surface area contributed by atoms with Crippen molar-refractivity contribution in [1.29, 1.82) is 0 Å². The average molecular weight is 572 g/mol. The van der Waals surface area contributed by atoms with Crippen LogP contribution < -0.4 is 10.6 Å². The zero-order chi connectivity index (χ0) is 22.9. The lowest BCUT2D eigenvalue weighted by Crippen LogP contribution is -2.40. The number of aliphatic imine (C=N–C) groups is 1. The lowest BCUT2D eigenvalue weighted by molar-refractivity contribution is -0.116. The zero-order valence-corrected chi connectivity index (χ0v) is 21.9. The Morgan fingerprint density at radius 3 is 2.71 bits per heavy atom. The van der Waals surface area contributed by atoms with Crippen molar-refractivity contribution in [3.8, 4) is 0 Å². The van der Waals surface area contributed by atoms with Gasteiger partial charge in [0.2, 0.25) is 5.91 Å². The molecule has 0 bridgehead atoms. The van der Waals surface area contributed by atoms with Crippen molar-refractivity contribution >= 4 is 41.5 Å². The van der Waals surface area contributed by atoms with E-state index in [0.717, 1.165) is 43.3 Å². The highest BCUT2D eigenvalue weighted by Gasteiger charge is 2.25. The van der Waals surface area contributed by atoms with Gasteiger partial charge in [0.25, 0.3) is 0 Å². The number of carbonyl (C=O) groups is 1. The SMILES string of the molecule is CCNC(=NCc1cccc(NC(=O)Cn2cccn2)c1)N1CCC(Cc2ccccc2)C1.I. The zero-order valence-electron chi connectivity index (χ0n) is 19.6. The molecule has 1 unspecified atom stereocenters. The van der Waals surface area contributed by atoms with Gasteiger partial charge >= 0.3 is 0 Å². The Labute approximate surface area is 218 Å². The first-order valence-corrected chi connectivity index (χ1v) is 11.6. The molecular formula is C26H33IN6O. The molecule has 1 aliphatic rings. The molecule has 34 heavy (non-hydrogen) atoms. The number of hydrogen-bond acceptors (Lipinski definition) is 3. The van der Waals surface area contributed by atoms with Gasteiger partial charge in [-0.1, -0.05) is 42.5 Å². The second-order valence-corrected chi connectivity index (χ2v) is 8.41. The maximum Gasteiger partial charge on any atom is 0.246 e. The van der Waals surface area contributed by atoms with Crippen LogP contribution in [0.25, 0.3) is 0 Å². The largest absolute Gasteiger partial charge is 0.357 e. The summed E-state index contributed by atoms with van der Waals surface area (Å²) in [6, 6.07) is 20.4. The molecule has 4 rings (SSSR count). The molecule has 1 saturated heterocycles. The molecule has 1 aromatic heterocycles. The van der Waals surface area contributed by atoms with E-state index in [1.807, 2.05) is 24.3 Å². The number of nitrogens with one attached hydrogen (secondary N) is 2. The van der Waals surface area contributed by atoms with Gasteiger partial charge in [0, 0.05) is 37.7 Å². The van der Waals surface area contributed by atoms with Crippen molar-refractivity contribution in [1.82, 2.24) is 20.0 Å². The average Bonchev–Trinajstić information content (AvgIpc) is 3.50. The molecule has 8 heteroatoms. The number of halogens is 1. The highest BCUT2D eigenvalue weighted by atomic mass is 127. The lowest BCUT2D eigenvalue weighted by Gasteiger charge is -2.22. The molecule has 1 fully saturated rings. The Morgan fingerprint density at radius 1 is 1.12 bits per heavy atom. The van der Waals surface area contributed by atoms with Crippen LogP contribution >= 0.6 is 24.0 Å². The highest BCUT2D eigenvalue weighted by Crippen LogP contribution is 2.21. The van der Waals surface area contributed by atoms with E-state index >= 15 is 0 Å². The Morgan fingerprint density at radius 2 is 1.94 bits per heavy atom. The van der Waals surface area contributed by atoms with Crippen LogP contribution in [0.15, 0.2) is 78.0 Å². The van der Waals surface area contributed by atoms with Gasteiger partial charge in [0.15, 0.2) is 5.96 Å². The maximum absolute atomic E-state index is 12.3. The van der Waals surface area contributed by atoms with E-state index in [4.69, 9.17) is 4.99 Å². The second kappa shape index (κ2) is 13.1. The predicted molar refractivity (Wildman–Crippen MR) is 147 cm³/mol. The monoisotopic (exact) mass is 572 g/mol. The van der Waals surface area contributed by atoms with Crippen LogP contribution in [0.2, 0.25) is 0 Å². The summed E-state index contributed by atoms with van der Waals surface area (Å²) >= 11 is 0. The predicted octanol–water partition coefficient (Wildman–Crippen LogP) is 4.17. The first kappa shape index (κ1) is 25.7. The number of guanidine groups is 1. The lowest BCUT2D eigenvalue weighted by atomic mass is 9.99. The fourth-order valence-electron chi connectivity index (χ4n) is 4.22. The molecule has 3 aromatic rings. The molecule has 1 atom stereocenters. The number of amides is 1. The van der Waals surface area contributed by atoms with Gasteiger partial charge in [-0.05, 0) is 55.0 Å². The fraction of sp³-hybridized carbons (Fsp3) is 0.346. The van der Waals surface area contributed by atoms with E-state index in [9.17, 15) is 4.79 Å². The van der Waals surface area contributed by atoms with Gasteiger partial charge in [-0.15, -0.1) is 24.0 Å². The topological polar surface area (TPSA) is 74.5 Å². The molecule has 0 radical (unpaired) electrons. The Hall–Kier alpha value is -2.88. The van der Waals surface area contributed by atoms with Crippen molar-refractivity contribution in [3.05, 3.63) is 84.2 Å². The van der Waals surface area contributed by atoms with Crippen molar-refractivity contribution < 1.29 is 4.79 Å². The highest BCUT2D eigenvalue weighted by molar-refractivity contribution is 14.0. The summed E-state index contributed by atoms with van der Waals surface area (Å²) in [5.41, 5.74) is 3.23. The maximum atomic E-state index is 12.3. The van der Waals surface area contributed by atoms with Gasteiger partial charge in [0.1, 0.15) is 6.54 Å². The van der Waals surface area contributed by atoms with E-state index in [0.29, 0.717) is 12.5 Å². The normalized spacial score (nSPS) is 15.6. The molecule has 180 valence electrons. The van der Waals surface area contributed by atoms with Crippen LogP contribution in [0, 0.1) is 5.92 Å². The Kier molecular flexibility index (Phi) is 9.93. The van der Waals surface area contributed by atoms with Gasteiger partial charge in [0.05, 0.1) is 6.54 Å². The van der Waals surface area contributed by atoms with E-state index in [1.54, 1.807) is 23.1 Å². The third kappa shape index (κ3) is 7.58. The molecule has 1 aliphatic heterocycles. The minimum Gasteiger partial charge on any atom is -0.357 e. The summed E-state index contributed by atoms with van der Waals surface area (Å²) in [7, 11) is 0. The molecule has 1 amide bonds. The molecule has 2 N–H and O–H groups in total. The third-order valence-corrected chi connectivity index (χ3v) is 5.77. The smallest absolute Gasteiger partial charge is 0.246 e. The number of nitrogens with zero attached hydrogens (tertiary/aromatic N) is 4. The molecule has 2 aromatic carbocycles. The van der Waals surface area contributed by atoms with Crippen LogP contribution in [0.1, 0.15) is 24.5 Å². The number of anilines is 1. The van der Waals surface area contributed by atoms with E-state index < -0.39 is 0 Å². The summed E-state index contributed by atoms with van der Waals surface area (Å²) in [4.78, 5) is 19.5. The minimum absolute atomic E-state index is 0. The number of hydrogen-bond donors (Lipinski definition) is 2. The second-order valence-electron chi connectivity index (χ2n) is 8.41. The van der Waals surface area contributed by atoms with Crippen molar-refractivity contribution in [2.45, 2.75) is 32.9 Å². The molecule has 0 spiro atoms. The molecule has 0 aliphatic carbocycles. The summed E-state index contributed by atoms with van der Waals surface area (Å²) < 4.78 is 1.60. The number of rotatable bonds is 8. The van der Waals surface area contributed by atoms with Crippen molar-refractivity contribution in [2.24, 2.45) is 10.9 Å². The van der Waals surface area contributed by atoms with E-state index in [2.05, 4.69) is 57.9 Å². The van der Waals surface area contributed by atoms with Crippen LogP contribution in [0.3, 0.4) is 0 Å². The van der Waals surface area contributed by atoms with Crippen LogP contribution in [-0.4, -0.2) is 46.2 Å². The third-order valence-electron chi connectivity index (χ3n) is 5.77. The van der Waals surface area contributed by atoms with E-state index in [-0.39, 0.29) is 36.4 Å². The minimum atomic E-state index is -0.103. The van der Waals surface area contributed by atoms with Crippen LogP contribution in [-0.2, 0) is 24.3 Å². The Bertz CT molecular complexity index is 1050. The summed E-state index contributed by atoms with van der Waals surface area (Å²) in [6.07, 6.45) is 5.72. The standard InChI is InChI=1S/C26H32N6O.HI/c1-2-27-26(31-15-12-23(19-31)16-21-8-4-3-5-9-21)28-18-22-10-6-11-24(17-22)30-25(33)20-32-14-7-13-29-32;/h3-11,13-14,17,23H,2,12,15-16,18-20H2,1H3,(H,27,28)(H,30,33);1H. The van der Waals surface area contributed by atoms with E-state index in [1.165, 1.54) is 12.0 Å². The van der Waals surface area contributed by atoms with Crippen molar-refractivity contribution in [2.75, 3.05) is 25.0 Å². The first-order valence-electron chi connectivity index (χ1n) is 11.6. The van der Waals surface area contributed by atoms with Crippen molar-refractivity contribution in [3.63, 3.8) is 0 Å². The summed E-state index contributed by atoms with van der Waals surface area (Å²) in [5.74, 6) is 1.50. The van der Waals surface area contributed by atoms with Gasteiger partial charge in [-0.3, -0.25) is 9.48 Å². The first-order chi connectivity index (χ1) is 16.2. The van der Waals surface area contributed by atoms with Gasteiger partial charge in [-0.2, -0.15) is 5.10 Å². The number of benzene rings is 2. The van der Waals surface area contributed by atoms with Gasteiger partial charge in [-0.25, -0.2) is 4.99 Å². The van der Waals surface area contributed by atoms with Crippen LogP contribution in [0.5, 0.6) is 0 Å². The Balaban J connectivity index is 0.00000324. The molecule has 2 heterocycles.